The molecule has 0 bridgehead atoms. The molecule has 2 aromatic carbocycles. The minimum absolute atomic E-state index is 0.142. The number of carbonyl (C=O) groups is 3. The van der Waals surface area contributed by atoms with Crippen molar-refractivity contribution in [1.82, 2.24) is 48.8 Å². The number of fused-ring (bicyclic) bond motifs is 2. The number of pyridine rings is 2. The van der Waals surface area contributed by atoms with E-state index in [1.807, 2.05) is 30.3 Å². The fourth-order valence-corrected chi connectivity index (χ4v) is 8.54. The van der Waals surface area contributed by atoms with Gasteiger partial charge in [0.05, 0.1) is 29.0 Å². The Labute approximate surface area is 364 Å². The number of aryl methyl sites for hydroxylation is 1. The van der Waals surface area contributed by atoms with E-state index in [1.165, 1.54) is 19.8 Å². The number of hydrogen-bond acceptors (Lipinski definition) is 12. The number of amides is 3. The summed E-state index contributed by atoms with van der Waals surface area (Å²) in [5.41, 5.74) is 6.17. The lowest BCUT2D eigenvalue weighted by Gasteiger charge is -2.36. The quantitative estimate of drug-likeness (QED) is 0.138. The highest BCUT2D eigenvalue weighted by Crippen LogP contribution is 2.30. The van der Waals surface area contributed by atoms with Gasteiger partial charge in [-0.2, -0.15) is 0 Å². The van der Waals surface area contributed by atoms with E-state index < -0.39 is 30.1 Å². The van der Waals surface area contributed by atoms with E-state index >= 15 is 0 Å². The number of imidazole rings is 2. The second kappa shape index (κ2) is 16.2. The lowest BCUT2D eigenvalue weighted by Crippen LogP contribution is -2.45. The Balaban J connectivity index is 0.766. The van der Waals surface area contributed by atoms with Gasteiger partial charge in [0.1, 0.15) is 23.7 Å². The maximum absolute atomic E-state index is 13.7. The molecule has 2 saturated heterocycles. The van der Waals surface area contributed by atoms with Gasteiger partial charge in [-0.15, -0.1) is 5.10 Å². The predicted molar refractivity (Wildman–Crippen MR) is 238 cm³/mol. The van der Waals surface area contributed by atoms with Gasteiger partial charge in [-0.05, 0) is 65.6 Å². The smallest absolute Gasteiger partial charge is 0.329 e. The first-order valence-electron chi connectivity index (χ1n) is 21.1. The van der Waals surface area contributed by atoms with Crippen LogP contribution in [-0.2, 0) is 23.2 Å². The highest BCUT2D eigenvalue weighted by Gasteiger charge is 2.39. The standard InChI is InChI=1S/C45H44FN13O5/c1-47-33-22-38(53-59-37(24-49-41(33)59)43(62)51-32-21-30(32)46)50-31-4-3-15-57(44(31)63)39-13-5-26(23-48-39)25-55-16-18-56(19-17-55)29-9-6-27(7-10-29)28-8-11-34-36(20-28)54(2)45(64)58(34)35-12-14-40(60)52-42(35)61/h3-11,13,15,20,22-24,30,32,35,47H,12,14,16-19,21,25H2,1-2H3,(H,50,53)(H,51,62)(H,52,60,61)/t30-,32+,35?/m0/s1. The molecular weight excluding hydrogens is 822 g/mol. The molecular formula is C45H44FN13O5. The molecule has 3 fully saturated rings. The van der Waals surface area contributed by atoms with Crippen LogP contribution in [-0.4, -0.2) is 101 Å². The molecule has 1 unspecified atom stereocenters. The van der Waals surface area contributed by atoms with Crippen molar-refractivity contribution in [2.45, 2.75) is 44.1 Å². The van der Waals surface area contributed by atoms with Gasteiger partial charge in [0.15, 0.2) is 17.2 Å². The number of piperidine rings is 1. The molecule has 3 atom stereocenters. The molecule has 1 saturated carbocycles. The molecule has 18 nitrogen and oxygen atoms in total. The highest BCUT2D eigenvalue weighted by atomic mass is 19.1. The van der Waals surface area contributed by atoms with Crippen LogP contribution >= 0.6 is 0 Å². The third-order valence-corrected chi connectivity index (χ3v) is 12.2. The minimum Gasteiger partial charge on any atom is -0.385 e. The Hall–Kier alpha value is -7.67. The summed E-state index contributed by atoms with van der Waals surface area (Å²) in [6.45, 7) is 4.09. The van der Waals surface area contributed by atoms with E-state index in [0.29, 0.717) is 40.5 Å². The van der Waals surface area contributed by atoms with Crippen molar-refractivity contribution >= 4 is 57.3 Å². The monoisotopic (exact) mass is 865 g/mol. The van der Waals surface area contributed by atoms with Crippen molar-refractivity contribution in [1.29, 1.82) is 0 Å². The van der Waals surface area contributed by atoms with Crippen molar-refractivity contribution in [3.63, 3.8) is 0 Å². The molecule has 4 N–H and O–H groups in total. The molecule has 7 aromatic rings. The summed E-state index contributed by atoms with van der Waals surface area (Å²) in [6.07, 6.45) is 4.53. The Bertz CT molecular complexity index is 3090. The lowest BCUT2D eigenvalue weighted by molar-refractivity contribution is -0.135. The Morgan fingerprint density at radius 2 is 1.67 bits per heavy atom. The number of carbonyl (C=O) groups excluding carboxylic acids is 3. The van der Waals surface area contributed by atoms with Gasteiger partial charge < -0.3 is 20.9 Å². The first-order valence-corrected chi connectivity index (χ1v) is 21.1. The van der Waals surface area contributed by atoms with Crippen LogP contribution in [0.1, 0.15) is 41.4 Å². The zero-order valence-electron chi connectivity index (χ0n) is 35.0. The highest BCUT2D eigenvalue weighted by molar-refractivity contribution is 6.00. The van der Waals surface area contributed by atoms with Crippen molar-refractivity contribution in [3.05, 3.63) is 123 Å². The van der Waals surface area contributed by atoms with E-state index in [2.05, 4.69) is 70.4 Å². The number of anilines is 4. The summed E-state index contributed by atoms with van der Waals surface area (Å²) in [5.74, 6) is -0.515. The second-order valence-electron chi connectivity index (χ2n) is 16.3. The number of nitrogens with one attached hydrogen (secondary N) is 4. The summed E-state index contributed by atoms with van der Waals surface area (Å²) in [7, 11) is 3.41. The fraction of sp³-hybridized carbons (Fsp3) is 0.289. The number of nitrogens with zero attached hydrogens (tertiary/aromatic N) is 9. The zero-order chi connectivity index (χ0) is 44.2. The number of aromatic nitrogens is 7. The van der Waals surface area contributed by atoms with Crippen LogP contribution in [0.3, 0.4) is 0 Å². The fourth-order valence-electron chi connectivity index (χ4n) is 8.54. The number of hydrogen-bond donors (Lipinski definition) is 4. The van der Waals surface area contributed by atoms with Gasteiger partial charge in [0.2, 0.25) is 11.8 Å². The Morgan fingerprint density at radius 1 is 0.891 bits per heavy atom. The molecule has 64 heavy (non-hydrogen) atoms. The summed E-state index contributed by atoms with van der Waals surface area (Å²) in [5, 5.41) is 15.7. The number of halogens is 1. The lowest BCUT2D eigenvalue weighted by atomic mass is 10.0. The van der Waals surface area contributed by atoms with Crippen LogP contribution in [0.25, 0.3) is 33.6 Å². The number of imide groups is 1. The normalized spacial score (nSPS) is 18.9. The van der Waals surface area contributed by atoms with Gasteiger partial charge in [0, 0.05) is 83.8 Å². The topological polar surface area (TPSA) is 198 Å². The van der Waals surface area contributed by atoms with Gasteiger partial charge in [-0.25, -0.2) is 23.7 Å². The number of piperazine rings is 1. The van der Waals surface area contributed by atoms with Crippen LogP contribution in [0.4, 0.5) is 27.3 Å². The minimum atomic E-state index is -1.05. The Morgan fingerprint density at radius 3 is 2.39 bits per heavy atom. The van der Waals surface area contributed by atoms with Gasteiger partial charge in [0.25, 0.3) is 11.5 Å². The number of alkyl halides is 1. The summed E-state index contributed by atoms with van der Waals surface area (Å²) >= 11 is 0. The predicted octanol–water partition coefficient (Wildman–Crippen LogP) is 3.52. The van der Waals surface area contributed by atoms with Crippen LogP contribution < -0.4 is 37.4 Å². The van der Waals surface area contributed by atoms with E-state index in [-0.39, 0.29) is 47.8 Å². The largest absolute Gasteiger partial charge is 0.385 e. The maximum atomic E-state index is 13.7. The maximum Gasteiger partial charge on any atom is 0.329 e. The van der Waals surface area contributed by atoms with Gasteiger partial charge in [-0.1, -0.05) is 24.3 Å². The van der Waals surface area contributed by atoms with E-state index in [1.54, 1.807) is 49.3 Å². The third-order valence-electron chi connectivity index (χ3n) is 12.2. The molecule has 0 spiro atoms. The molecule has 7 heterocycles. The molecule has 2 aliphatic heterocycles. The molecule has 3 aliphatic rings. The molecule has 19 heteroatoms. The molecule has 326 valence electrons. The molecule has 10 rings (SSSR count). The zero-order valence-corrected chi connectivity index (χ0v) is 35.0. The Kier molecular flexibility index (Phi) is 10.2. The van der Waals surface area contributed by atoms with Crippen molar-refractivity contribution in [2.75, 3.05) is 48.8 Å². The average Bonchev–Trinajstić information content (AvgIpc) is 3.72. The SMILES string of the molecule is CNc1cc(Nc2cccn(-c3ccc(CN4CCN(c5ccc(-c6ccc7c(c6)n(C)c(=O)n7C6CCC(=O)NC6=O)cc5)CC4)cn3)c2=O)nn2c(C(=O)N[C@@H]3C[C@@H]3F)cnc12. The first-order chi connectivity index (χ1) is 31.0. The van der Waals surface area contributed by atoms with Crippen LogP contribution in [0.2, 0.25) is 0 Å². The van der Waals surface area contributed by atoms with Crippen molar-refractivity contribution < 1.29 is 18.8 Å². The third kappa shape index (κ3) is 7.52. The van der Waals surface area contributed by atoms with Crippen LogP contribution in [0, 0.1) is 0 Å². The van der Waals surface area contributed by atoms with Crippen LogP contribution in [0.15, 0.2) is 101 Å². The second-order valence-corrected chi connectivity index (χ2v) is 16.3. The van der Waals surface area contributed by atoms with Crippen molar-refractivity contribution in [2.24, 2.45) is 7.05 Å². The molecule has 3 amide bonds. The van der Waals surface area contributed by atoms with E-state index in [0.717, 1.165) is 48.6 Å². The number of rotatable bonds is 11. The van der Waals surface area contributed by atoms with E-state index in [4.69, 9.17) is 0 Å². The van der Waals surface area contributed by atoms with Gasteiger partial charge in [-0.3, -0.25) is 43.1 Å². The average molecular weight is 866 g/mol. The van der Waals surface area contributed by atoms with E-state index in [9.17, 15) is 28.4 Å². The number of benzene rings is 2. The molecule has 1 aliphatic carbocycles. The van der Waals surface area contributed by atoms with Gasteiger partial charge >= 0.3 is 5.69 Å². The summed E-state index contributed by atoms with van der Waals surface area (Å²) in [4.78, 5) is 77.8. The summed E-state index contributed by atoms with van der Waals surface area (Å²) in [6, 6.07) is 21.8. The van der Waals surface area contributed by atoms with Crippen LogP contribution in [0.5, 0.6) is 0 Å². The van der Waals surface area contributed by atoms with Crippen molar-refractivity contribution in [3.8, 4) is 16.9 Å². The molecule has 5 aromatic heterocycles. The molecule has 0 radical (unpaired) electrons. The first kappa shape index (κ1) is 40.4. The summed E-state index contributed by atoms with van der Waals surface area (Å²) < 4.78 is 19.3.